The molecule has 0 radical (unpaired) electrons. The summed E-state index contributed by atoms with van der Waals surface area (Å²) in [6.45, 7) is 8.33. The highest BCUT2D eigenvalue weighted by atomic mass is 15.1. The Balaban J connectivity index is 2.48. The minimum Gasteiger partial charge on any atom is -0.398 e. The van der Waals surface area contributed by atoms with E-state index in [1.807, 2.05) is 6.07 Å². The third kappa shape index (κ3) is 3.97. The first kappa shape index (κ1) is 13.3. The van der Waals surface area contributed by atoms with E-state index in [0.717, 1.165) is 31.9 Å². The molecule has 0 amide bonds. The van der Waals surface area contributed by atoms with Crippen LogP contribution in [-0.2, 0) is 0 Å². The van der Waals surface area contributed by atoms with Crippen LogP contribution in [0.15, 0.2) is 18.2 Å². The molecule has 1 aromatic carbocycles. The van der Waals surface area contributed by atoms with Crippen molar-refractivity contribution < 1.29 is 0 Å². The zero-order chi connectivity index (χ0) is 12.7. The number of nitrogens with one attached hydrogen (secondary N) is 1. The van der Waals surface area contributed by atoms with Crippen LogP contribution in [0.25, 0.3) is 0 Å². The molecule has 0 fully saturated rings. The summed E-state index contributed by atoms with van der Waals surface area (Å²) in [7, 11) is 0. The van der Waals surface area contributed by atoms with Crippen LogP contribution in [0.3, 0.4) is 0 Å². The molecule has 0 atom stereocenters. The Hall–Kier alpha value is -1.73. The Morgan fingerprint density at radius 1 is 1.35 bits per heavy atom. The van der Waals surface area contributed by atoms with E-state index in [-0.39, 0.29) is 0 Å². The molecule has 0 saturated carbocycles. The Bertz CT molecular complexity index is 391. The number of nitrogens with two attached hydrogens (primary N) is 1. The molecule has 0 heterocycles. The van der Waals surface area contributed by atoms with Gasteiger partial charge in [-0.1, -0.05) is 13.8 Å². The summed E-state index contributed by atoms with van der Waals surface area (Å²) in [6, 6.07) is 7.49. The number of anilines is 2. The second-order valence-electron chi connectivity index (χ2n) is 3.87. The predicted molar refractivity (Wildman–Crippen MR) is 71.8 cm³/mol. The topological polar surface area (TPSA) is 65.1 Å². The van der Waals surface area contributed by atoms with Gasteiger partial charge in [0, 0.05) is 18.8 Å². The quantitative estimate of drug-likeness (QED) is 0.735. The maximum Gasteiger partial charge on any atom is 0.101 e. The van der Waals surface area contributed by atoms with Gasteiger partial charge in [-0.25, -0.2) is 0 Å². The van der Waals surface area contributed by atoms with Crippen molar-refractivity contribution in [3.63, 3.8) is 0 Å². The van der Waals surface area contributed by atoms with Crippen molar-refractivity contribution in [2.24, 2.45) is 0 Å². The van der Waals surface area contributed by atoms with Crippen LogP contribution >= 0.6 is 0 Å². The minimum atomic E-state index is 0.527. The maximum absolute atomic E-state index is 8.76. The molecule has 1 aromatic rings. The van der Waals surface area contributed by atoms with Gasteiger partial charge in [-0.3, -0.25) is 0 Å². The molecule has 4 heteroatoms. The van der Waals surface area contributed by atoms with Gasteiger partial charge in [0.05, 0.1) is 11.3 Å². The van der Waals surface area contributed by atoms with Crippen molar-refractivity contribution in [1.29, 1.82) is 5.26 Å². The van der Waals surface area contributed by atoms with E-state index in [4.69, 9.17) is 11.0 Å². The number of nitrogen functional groups attached to an aromatic ring is 1. The van der Waals surface area contributed by atoms with E-state index < -0.39 is 0 Å². The van der Waals surface area contributed by atoms with Crippen molar-refractivity contribution in [2.75, 3.05) is 37.2 Å². The Labute approximate surface area is 103 Å². The number of hydrogen-bond acceptors (Lipinski definition) is 4. The Kier molecular flexibility index (Phi) is 5.31. The molecule has 3 N–H and O–H groups in total. The predicted octanol–water partition coefficient (Wildman–Crippen LogP) is 1.89. The first-order valence-electron chi connectivity index (χ1n) is 5.97. The largest absolute Gasteiger partial charge is 0.398 e. The van der Waals surface area contributed by atoms with Crippen molar-refractivity contribution in [3.8, 4) is 6.07 Å². The van der Waals surface area contributed by atoms with Crippen LogP contribution in [0, 0.1) is 11.3 Å². The van der Waals surface area contributed by atoms with E-state index >= 15 is 0 Å². The third-order valence-corrected chi connectivity index (χ3v) is 2.82. The summed E-state index contributed by atoms with van der Waals surface area (Å²) in [5.74, 6) is 0. The minimum absolute atomic E-state index is 0.527. The zero-order valence-electron chi connectivity index (χ0n) is 10.5. The SMILES string of the molecule is CCN(CC)CCNc1ccc(C#N)c(N)c1. The summed E-state index contributed by atoms with van der Waals surface area (Å²) in [4.78, 5) is 2.35. The van der Waals surface area contributed by atoms with E-state index in [0.29, 0.717) is 11.3 Å². The van der Waals surface area contributed by atoms with Gasteiger partial charge in [0.25, 0.3) is 0 Å². The smallest absolute Gasteiger partial charge is 0.101 e. The van der Waals surface area contributed by atoms with Gasteiger partial charge in [-0.15, -0.1) is 0 Å². The average Bonchev–Trinajstić information content (AvgIpc) is 2.35. The van der Waals surface area contributed by atoms with E-state index in [1.54, 1.807) is 12.1 Å². The number of nitriles is 1. The summed E-state index contributed by atoms with van der Waals surface area (Å²) in [5, 5.41) is 12.1. The Morgan fingerprint density at radius 2 is 2.06 bits per heavy atom. The van der Waals surface area contributed by atoms with Crippen LogP contribution in [0.1, 0.15) is 19.4 Å². The van der Waals surface area contributed by atoms with Gasteiger partial charge in [-0.2, -0.15) is 5.26 Å². The molecule has 0 bridgehead atoms. The van der Waals surface area contributed by atoms with Gasteiger partial charge in [0.15, 0.2) is 0 Å². The molecule has 0 aliphatic carbocycles. The molecule has 0 unspecified atom stereocenters. The van der Waals surface area contributed by atoms with Gasteiger partial charge < -0.3 is 16.0 Å². The molecule has 0 saturated heterocycles. The van der Waals surface area contributed by atoms with Crippen molar-refractivity contribution in [3.05, 3.63) is 23.8 Å². The lowest BCUT2D eigenvalue weighted by Crippen LogP contribution is -2.28. The second kappa shape index (κ2) is 6.77. The molecule has 17 heavy (non-hydrogen) atoms. The fraction of sp³-hybridized carbons (Fsp3) is 0.462. The van der Waals surface area contributed by atoms with E-state index in [2.05, 4.69) is 30.1 Å². The molecule has 0 aliphatic rings. The molecule has 0 aromatic heterocycles. The Morgan fingerprint density at radius 3 is 2.59 bits per heavy atom. The number of hydrogen-bond donors (Lipinski definition) is 2. The summed E-state index contributed by atoms with van der Waals surface area (Å²) in [6.07, 6.45) is 0. The van der Waals surface area contributed by atoms with Gasteiger partial charge in [0.2, 0.25) is 0 Å². The zero-order valence-corrected chi connectivity index (χ0v) is 10.5. The van der Waals surface area contributed by atoms with Crippen LogP contribution in [0.2, 0.25) is 0 Å². The van der Waals surface area contributed by atoms with Crippen LogP contribution in [-0.4, -0.2) is 31.1 Å². The standard InChI is InChI=1S/C13H20N4/c1-3-17(4-2)8-7-16-12-6-5-11(10-14)13(15)9-12/h5-6,9,16H,3-4,7-8,15H2,1-2H3. The van der Waals surface area contributed by atoms with Crippen molar-refractivity contribution in [1.82, 2.24) is 4.90 Å². The van der Waals surface area contributed by atoms with Crippen LogP contribution in [0.4, 0.5) is 11.4 Å². The van der Waals surface area contributed by atoms with Crippen LogP contribution < -0.4 is 11.1 Å². The second-order valence-corrected chi connectivity index (χ2v) is 3.87. The molecule has 0 aliphatic heterocycles. The number of benzene rings is 1. The highest BCUT2D eigenvalue weighted by Gasteiger charge is 2.01. The molecular weight excluding hydrogens is 212 g/mol. The van der Waals surface area contributed by atoms with Crippen molar-refractivity contribution in [2.45, 2.75) is 13.8 Å². The maximum atomic E-state index is 8.76. The first-order valence-corrected chi connectivity index (χ1v) is 5.97. The summed E-state index contributed by atoms with van der Waals surface area (Å²) < 4.78 is 0. The number of nitrogens with zero attached hydrogens (tertiary/aromatic N) is 2. The summed E-state index contributed by atoms with van der Waals surface area (Å²) >= 11 is 0. The monoisotopic (exact) mass is 232 g/mol. The highest BCUT2D eigenvalue weighted by Crippen LogP contribution is 2.16. The molecular formula is C13H20N4. The number of rotatable bonds is 6. The number of likely N-dealkylation sites (N-methyl/N-ethyl adjacent to an activating group) is 1. The normalized spacial score (nSPS) is 10.2. The highest BCUT2D eigenvalue weighted by molar-refractivity contribution is 5.62. The van der Waals surface area contributed by atoms with Gasteiger partial charge in [-0.05, 0) is 31.3 Å². The lowest BCUT2D eigenvalue weighted by molar-refractivity contribution is 0.316. The average molecular weight is 232 g/mol. The fourth-order valence-corrected chi connectivity index (χ4v) is 1.67. The molecule has 4 nitrogen and oxygen atoms in total. The molecule has 1 rings (SSSR count). The van der Waals surface area contributed by atoms with Gasteiger partial charge in [0.1, 0.15) is 6.07 Å². The van der Waals surface area contributed by atoms with Gasteiger partial charge >= 0.3 is 0 Å². The molecule has 92 valence electrons. The van der Waals surface area contributed by atoms with E-state index in [1.165, 1.54) is 0 Å². The van der Waals surface area contributed by atoms with Crippen LogP contribution in [0.5, 0.6) is 0 Å². The third-order valence-electron chi connectivity index (χ3n) is 2.82. The van der Waals surface area contributed by atoms with Crippen molar-refractivity contribution >= 4 is 11.4 Å². The molecule has 0 spiro atoms. The fourth-order valence-electron chi connectivity index (χ4n) is 1.67. The lowest BCUT2D eigenvalue weighted by atomic mass is 10.2. The van der Waals surface area contributed by atoms with E-state index in [9.17, 15) is 0 Å². The summed E-state index contributed by atoms with van der Waals surface area (Å²) in [5.41, 5.74) is 7.76. The lowest BCUT2D eigenvalue weighted by Gasteiger charge is -2.18. The first-order chi connectivity index (χ1) is 8.21.